The van der Waals surface area contributed by atoms with Gasteiger partial charge >= 0.3 is 0 Å². The van der Waals surface area contributed by atoms with Crippen LogP contribution in [-0.4, -0.2) is 0 Å². The summed E-state index contributed by atoms with van der Waals surface area (Å²) < 4.78 is 0. The van der Waals surface area contributed by atoms with Crippen molar-refractivity contribution in [2.75, 3.05) is 0 Å². The predicted molar refractivity (Wildman–Crippen MR) is 147 cm³/mol. The fraction of sp³-hybridized carbons (Fsp3) is 0.471. The zero-order chi connectivity index (χ0) is 23.3. The molecule has 0 saturated heterocycles. The van der Waals surface area contributed by atoms with Crippen molar-refractivity contribution in [2.45, 2.75) is 89.9 Å². The second kappa shape index (κ2) is 10.9. The molecule has 3 aromatic carbocycles. The summed E-state index contributed by atoms with van der Waals surface area (Å²) in [5.41, 5.74) is 8.36. The van der Waals surface area contributed by atoms with Crippen molar-refractivity contribution < 1.29 is 0 Å². The van der Waals surface area contributed by atoms with E-state index in [1.165, 1.54) is 92.0 Å². The minimum Gasteiger partial charge on any atom is -0.0654 e. The first-order valence-electron chi connectivity index (χ1n) is 14.0. The van der Waals surface area contributed by atoms with E-state index in [-0.39, 0.29) is 0 Å². The van der Waals surface area contributed by atoms with E-state index in [0.29, 0.717) is 0 Å². The zero-order valence-electron chi connectivity index (χ0n) is 21.3. The van der Waals surface area contributed by atoms with Crippen molar-refractivity contribution in [3.8, 4) is 22.3 Å². The maximum Gasteiger partial charge on any atom is -0.0162 e. The monoisotopic (exact) mass is 450 g/mol. The van der Waals surface area contributed by atoms with Gasteiger partial charge in [0.1, 0.15) is 0 Å². The van der Waals surface area contributed by atoms with Gasteiger partial charge in [-0.05, 0) is 95.6 Å². The molecule has 2 aliphatic carbocycles. The average Bonchev–Trinajstić information content (AvgIpc) is 2.90. The average molecular weight is 451 g/mol. The molecule has 0 aromatic heterocycles. The van der Waals surface area contributed by atoms with Crippen LogP contribution in [0.1, 0.15) is 101 Å². The van der Waals surface area contributed by atoms with Gasteiger partial charge in [-0.15, -0.1) is 0 Å². The Morgan fingerprint density at radius 1 is 0.500 bits per heavy atom. The van der Waals surface area contributed by atoms with Gasteiger partial charge in [0.25, 0.3) is 0 Å². The largest absolute Gasteiger partial charge is 0.0654 e. The van der Waals surface area contributed by atoms with Crippen molar-refractivity contribution >= 4 is 0 Å². The van der Waals surface area contributed by atoms with Crippen LogP contribution in [-0.2, 0) is 0 Å². The summed E-state index contributed by atoms with van der Waals surface area (Å²) >= 11 is 0. The van der Waals surface area contributed by atoms with Crippen LogP contribution in [0.3, 0.4) is 0 Å². The molecule has 2 aliphatic rings. The predicted octanol–water partition coefficient (Wildman–Crippen LogP) is 10.4. The Hall–Kier alpha value is -2.34. The zero-order valence-corrected chi connectivity index (χ0v) is 21.3. The number of hydrogen-bond donors (Lipinski definition) is 0. The summed E-state index contributed by atoms with van der Waals surface area (Å²) in [5, 5.41) is 0. The third kappa shape index (κ3) is 5.48. The molecule has 0 atom stereocenters. The first-order valence-corrected chi connectivity index (χ1v) is 14.0. The Kier molecular flexibility index (Phi) is 7.53. The summed E-state index contributed by atoms with van der Waals surface area (Å²) in [6.45, 7) is 4.72. The Bertz CT molecular complexity index is 1010. The van der Waals surface area contributed by atoms with E-state index in [4.69, 9.17) is 0 Å². The molecule has 34 heavy (non-hydrogen) atoms. The van der Waals surface area contributed by atoms with Crippen molar-refractivity contribution in [1.82, 2.24) is 0 Å². The van der Waals surface area contributed by atoms with Crippen molar-refractivity contribution in [2.24, 2.45) is 11.8 Å². The van der Waals surface area contributed by atoms with Gasteiger partial charge in [0.2, 0.25) is 0 Å². The van der Waals surface area contributed by atoms with Gasteiger partial charge in [-0.1, -0.05) is 112 Å². The molecule has 0 unspecified atom stereocenters. The number of benzene rings is 3. The van der Waals surface area contributed by atoms with Crippen molar-refractivity contribution in [3.05, 3.63) is 83.9 Å². The van der Waals surface area contributed by atoms with Gasteiger partial charge < -0.3 is 0 Å². The normalized spacial score (nSPS) is 25.2. The molecule has 0 bridgehead atoms. The third-order valence-electron chi connectivity index (χ3n) is 8.88. The fourth-order valence-corrected chi connectivity index (χ4v) is 6.54. The topological polar surface area (TPSA) is 0 Å². The van der Waals surface area contributed by atoms with Crippen molar-refractivity contribution in [3.63, 3.8) is 0 Å². The van der Waals surface area contributed by atoms with E-state index in [9.17, 15) is 0 Å². The Balaban J connectivity index is 1.21. The van der Waals surface area contributed by atoms with Crippen molar-refractivity contribution in [1.29, 1.82) is 0 Å². The van der Waals surface area contributed by atoms with Gasteiger partial charge in [-0.3, -0.25) is 0 Å². The highest BCUT2D eigenvalue weighted by atomic mass is 14.3. The quantitative estimate of drug-likeness (QED) is 0.350. The van der Waals surface area contributed by atoms with Crippen LogP contribution < -0.4 is 0 Å². The second-order valence-corrected chi connectivity index (χ2v) is 11.3. The van der Waals surface area contributed by atoms with E-state index >= 15 is 0 Å². The molecule has 2 saturated carbocycles. The lowest BCUT2D eigenvalue weighted by Crippen LogP contribution is -2.13. The summed E-state index contributed by atoms with van der Waals surface area (Å²) in [5.74, 6) is 3.42. The fourth-order valence-electron chi connectivity index (χ4n) is 6.54. The minimum absolute atomic E-state index is 0.766. The molecule has 0 nitrogen and oxygen atoms in total. The molecule has 0 aliphatic heterocycles. The highest BCUT2D eigenvalue weighted by Gasteiger charge is 2.22. The standard InChI is InChI=1S/C34H42/c1-3-4-26-7-11-28(12-8-26)30-15-19-32(20-16-30)34-23-21-33(22-24-34)31-17-13-29(14-18-31)27-9-5-25(2)6-10-27/h13-28H,3-12H2,1-2H3. The summed E-state index contributed by atoms with van der Waals surface area (Å²) in [4.78, 5) is 0. The Labute approximate surface area is 207 Å². The summed E-state index contributed by atoms with van der Waals surface area (Å²) in [7, 11) is 0. The number of hydrogen-bond acceptors (Lipinski definition) is 0. The molecular formula is C34H42. The molecule has 0 heteroatoms. The summed E-state index contributed by atoms with van der Waals surface area (Å²) in [6, 6.07) is 28.0. The van der Waals surface area contributed by atoms with Gasteiger partial charge in [-0.25, -0.2) is 0 Å². The molecule has 5 rings (SSSR count). The van der Waals surface area contributed by atoms with E-state index in [0.717, 1.165) is 23.7 Å². The molecule has 2 fully saturated rings. The lowest BCUT2D eigenvalue weighted by atomic mass is 9.77. The van der Waals surface area contributed by atoms with Gasteiger partial charge in [0.15, 0.2) is 0 Å². The maximum absolute atomic E-state index is 2.40. The molecule has 0 heterocycles. The lowest BCUT2D eigenvalue weighted by molar-refractivity contribution is 0.308. The second-order valence-electron chi connectivity index (χ2n) is 11.3. The van der Waals surface area contributed by atoms with Gasteiger partial charge in [0.05, 0.1) is 0 Å². The van der Waals surface area contributed by atoms with Crippen LogP contribution in [0.4, 0.5) is 0 Å². The van der Waals surface area contributed by atoms with E-state index in [1.807, 2.05) is 0 Å². The first kappa shape index (κ1) is 23.4. The minimum atomic E-state index is 0.766. The van der Waals surface area contributed by atoms with Crippen LogP contribution in [0.2, 0.25) is 0 Å². The SMILES string of the molecule is CCCC1CCC(c2ccc(-c3ccc(-c4ccc(C5CCC(C)CC5)cc4)cc3)cc2)CC1. The van der Waals surface area contributed by atoms with Crippen LogP contribution in [0, 0.1) is 11.8 Å². The highest BCUT2D eigenvalue weighted by molar-refractivity contribution is 5.70. The molecular weight excluding hydrogens is 408 g/mol. The van der Waals surface area contributed by atoms with Crippen LogP contribution in [0.25, 0.3) is 22.3 Å². The molecule has 0 N–H and O–H groups in total. The third-order valence-corrected chi connectivity index (χ3v) is 8.88. The summed E-state index contributed by atoms with van der Waals surface area (Å²) in [6.07, 6.45) is 13.8. The van der Waals surface area contributed by atoms with Crippen LogP contribution in [0.15, 0.2) is 72.8 Å². The smallest absolute Gasteiger partial charge is 0.0162 e. The molecule has 178 valence electrons. The van der Waals surface area contributed by atoms with E-state index in [1.54, 1.807) is 5.56 Å². The molecule has 0 radical (unpaired) electrons. The lowest BCUT2D eigenvalue weighted by Gasteiger charge is -2.28. The van der Waals surface area contributed by atoms with Gasteiger partial charge in [0, 0.05) is 0 Å². The first-order chi connectivity index (χ1) is 16.7. The number of rotatable bonds is 6. The Morgan fingerprint density at radius 3 is 1.24 bits per heavy atom. The van der Waals surface area contributed by atoms with Gasteiger partial charge in [-0.2, -0.15) is 0 Å². The van der Waals surface area contributed by atoms with E-state index < -0.39 is 0 Å². The van der Waals surface area contributed by atoms with Crippen LogP contribution in [0.5, 0.6) is 0 Å². The highest BCUT2D eigenvalue weighted by Crippen LogP contribution is 2.39. The molecule has 0 amide bonds. The molecule has 3 aromatic rings. The van der Waals surface area contributed by atoms with E-state index in [2.05, 4.69) is 86.6 Å². The maximum atomic E-state index is 2.40. The molecule has 0 spiro atoms. The Morgan fingerprint density at radius 2 is 0.853 bits per heavy atom. The van der Waals surface area contributed by atoms with Crippen LogP contribution >= 0.6 is 0 Å².